The number of carbonyl (C=O) groups is 1. The third-order valence-electron chi connectivity index (χ3n) is 1.98. The molecule has 0 bridgehead atoms. The average Bonchev–Trinajstić information content (AvgIpc) is 2.29. The number of aldehydes is 1. The van der Waals surface area contributed by atoms with Gasteiger partial charge in [0.15, 0.2) is 0 Å². The van der Waals surface area contributed by atoms with Gasteiger partial charge >= 0.3 is 0 Å². The van der Waals surface area contributed by atoms with Crippen LogP contribution < -0.4 is 9.47 Å². The van der Waals surface area contributed by atoms with Gasteiger partial charge in [-0.15, -0.1) is 0 Å². The highest BCUT2D eigenvalue weighted by atomic mass is 16.5. The van der Waals surface area contributed by atoms with Crippen LogP contribution in [0.2, 0.25) is 0 Å². The van der Waals surface area contributed by atoms with Gasteiger partial charge < -0.3 is 9.47 Å². The Balaban J connectivity index is 2.86. The van der Waals surface area contributed by atoms with Gasteiger partial charge in [0.1, 0.15) is 17.8 Å². The standard InChI is InChI=1S/C12H14O3/c1-14-11-7-10(5-3-4-6-13)8-12(9-11)15-2/h3-4,6-9H,5H2,1-2H3. The second-order valence-corrected chi connectivity index (χ2v) is 2.99. The highest BCUT2D eigenvalue weighted by Crippen LogP contribution is 2.22. The molecule has 1 aromatic carbocycles. The number of hydrogen-bond donors (Lipinski definition) is 0. The van der Waals surface area contributed by atoms with E-state index in [1.807, 2.05) is 18.2 Å². The van der Waals surface area contributed by atoms with Crippen LogP contribution in [-0.2, 0) is 11.2 Å². The Bertz CT molecular complexity index is 334. The molecule has 0 fully saturated rings. The highest BCUT2D eigenvalue weighted by Gasteiger charge is 1.99. The summed E-state index contributed by atoms with van der Waals surface area (Å²) in [6, 6.07) is 5.64. The lowest BCUT2D eigenvalue weighted by atomic mass is 10.1. The second kappa shape index (κ2) is 5.86. The molecule has 0 aliphatic rings. The Hall–Kier alpha value is -1.77. The molecule has 1 aromatic rings. The highest BCUT2D eigenvalue weighted by molar-refractivity contribution is 5.64. The SMILES string of the molecule is COc1cc(CC=CC=O)cc(OC)c1. The van der Waals surface area contributed by atoms with Crippen LogP contribution in [0.25, 0.3) is 0 Å². The summed E-state index contributed by atoms with van der Waals surface area (Å²) >= 11 is 0. The van der Waals surface area contributed by atoms with Gasteiger partial charge in [-0.3, -0.25) is 4.79 Å². The predicted octanol–water partition coefficient (Wildman–Crippen LogP) is 2.00. The van der Waals surface area contributed by atoms with Crippen LogP contribution in [-0.4, -0.2) is 20.5 Å². The molecule has 0 radical (unpaired) electrons. The molecule has 0 N–H and O–H groups in total. The number of allylic oxidation sites excluding steroid dienone is 2. The van der Waals surface area contributed by atoms with Gasteiger partial charge in [-0.05, 0) is 30.2 Å². The van der Waals surface area contributed by atoms with E-state index in [2.05, 4.69) is 0 Å². The summed E-state index contributed by atoms with van der Waals surface area (Å²) in [6.45, 7) is 0. The van der Waals surface area contributed by atoms with Crippen LogP contribution in [0, 0.1) is 0 Å². The average molecular weight is 206 g/mol. The Morgan fingerprint density at radius 3 is 2.20 bits per heavy atom. The lowest BCUT2D eigenvalue weighted by molar-refractivity contribution is -0.104. The minimum absolute atomic E-state index is 0.687. The van der Waals surface area contributed by atoms with Gasteiger partial charge in [-0.25, -0.2) is 0 Å². The Morgan fingerprint density at radius 1 is 1.13 bits per heavy atom. The molecule has 15 heavy (non-hydrogen) atoms. The molecule has 3 heteroatoms. The molecule has 0 aliphatic carbocycles. The summed E-state index contributed by atoms with van der Waals surface area (Å²) in [6.07, 6.45) is 4.72. The molecular weight excluding hydrogens is 192 g/mol. The fourth-order valence-electron chi connectivity index (χ4n) is 1.24. The van der Waals surface area contributed by atoms with E-state index in [-0.39, 0.29) is 0 Å². The normalized spacial score (nSPS) is 10.3. The Labute approximate surface area is 89.3 Å². The fourth-order valence-corrected chi connectivity index (χ4v) is 1.24. The molecule has 0 heterocycles. The first-order valence-electron chi connectivity index (χ1n) is 4.62. The van der Waals surface area contributed by atoms with Crippen molar-refractivity contribution in [3.63, 3.8) is 0 Å². The predicted molar refractivity (Wildman–Crippen MR) is 58.5 cm³/mol. The molecule has 0 saturated carbocycles. The van der Waals surface area contributed by atoms with Gasteiger partial charge in [0.2, 0.25) is 0 Å². The maximum absolute atomic E-state index is 10.1. The van der Waals surface area contributed by atoms with Crippen molar-refractivity contribution in [2.75, 3.05) is 14.2 Å². The van der Waals surface area contributed by atoms with Gasteiger partial charge in [0, 0.05) is 6.07 Å². The van der Waals surface area contributed by atoms with Crippen molar-refractivity contribution < 1.29 is 14.3 Å². The summed E-state index contributed by atoms with van der Waals surface area (Å²) in [4.78, 5) is 10.1. The molecule has 0 aliphatic heterocycles. The Kier molecular flexibility index (Phi) is 4.41. The number of rotatable bonds is 5. The van der Waals surface area contributed by atoms with Gasteiger partial charge in [0.25, 0.3) is 0 Å². The molecule has 80 valence electrons. The van der Waals surface area contributed by atoms with E-state index in [0.29, 0.717) is 6.42 Å². The lowest BCUT2D eigenvalue weighted by Crippen LogP contribution is -1.90. The van der Waals surface area contributed by atoms with Crippen molar-refractivity contribution in [3.05, 3.63) is 35.9 Å². The topological polar surface area (TPSA) is 35.5 Å². The van der Waals surface area contributed by atoms with E-state index >= 15 is 0 Å². The van der Waals surface area contributed by atoms with Crippen molar-refractivity contribution in [3.8, 4) is 11.5 Å². The van der Waals surface area contributed by atoms with Crippen LogP contribution in [0.5, 0.6) is 11.5 Å². The Morgan fingerprint density at radius 2 is 1.73 bits per heavy atom. The van der Waals surface area contributed by atoms with E-state index in [9.17, 15) is 4.79 Å². The number of carbonyl (C=O) groups excluding carboxylic acids is 1. The zero-order chi connectivity index (χ0) is 11.1. The smallest absolute Gasteiger partial charge is 0.142 e. The monoisotopic (exact) mass is 206 g/mol. The van der Waals surface area contributed by atoms with Crippen molar-refractivity contribution in [1.82, 2.24) is 0 Å². The summed E-state index contributed by atoms with van der Waals surface area (Å²) in [7, 11) is 3.22. The zero-order valence-corrected chi connectivity index (χ0v) is 8.90. The largest absolute Gasteiger partial charge is 0.497 e. The maximum atomic E-state index is 10.1. The summed E-state index contributed by atoms with van der Waals surface area (Å²) in [5.74, 6) is 1.51. The minimum Gasteiger partial charge on any atom is -0.497 e. The first-order valence-corrected chi connectivity index (χ1v) is 4.62. The molecule has 0 unspecified atom stereocenters. The van der Waals surface area contributed by atoms with E-state index in [1.165, 1.54) is 6.08 Å². The van der Waals surface area contributed by atoms with Crippen LogP contribution in [0.1, 0.15) is 5.56 Å². The number of hydrogen-bond acceptors (Lipinski definition) is 3. The van der Waals surface area contributed by atoms with Crippen molar-refractivity contribution in [2.24, 2.45) is 0 Å². The first-order chi connectivity index (χ1) is 7.30. The van der Waals surface area contributed by atoms with Crippen LogP contribution in [0.15, 0.2) is 30.4 Å². The molecule has 0 atom stereocenters. The van der Waals surface area contributed by atoms with Gasteiger partial charge in [0.05, 0.1) is 14.2 Å². The summed E-state index contributed by atoms with van der Waals surface area (Å²) in [5, 5.41) is 0. The molecule has 0 saturated heterocycles. The van der Waals surface area contributed by atoms with Crippen molar-refractivity contribution in [1.29, 1.82) is 0 Å². The third-order valence-corrected chi connectivity index (χ3v) is 1.98. The minimum atomic E-state index is 0.687. The third kappa shape index (κ3) is 3.46. The summed E-state index contributed by atoms with van der Waals surface area (Å²) < 4.78 is 10.3. The quantitative estimate of drug-likeness (QED) is 0.546. The number of methoxy groups -OCH3 is 2. The number of benzene rings is 1. The summed E-state index contributed by atoms with van der Waals surface area (Å²) in [5.41, 5.74) is 1.05. The van der Waals surface area contributed by atoms with Gasteiger partial charge in [-0.1, -0.05) is 6.08 Å². The molecule has 0 spiro atoms. The number of ether oxygens (including phenoxy) is 2. The van der Waals surface area contributed by atoms with Crippen LogP contribution in [0.4, 0.5) is 0 Å². The van der Waals surface area contributed by atoms with E-state index in [4.69, 9.17) is 9.47 Å². The molecule has 3 nitrogen and oxygen atoms in total. The second-order valence-electron chi connectivity index (χ2n) is 2.99. The van der Waals surface area contributed by atoms with Gasteiger partial charge in [-0.2, -0.15) is 0 Å². The van der Waals surface area contributed by atoms with E-state index < -0.39 is 0 Å². The van der Waals surface area contributed by atoms with Crippen molar-refractivity contribution >= 4 is 6.29 Å². The van der Waals surface area contributed by atoms with Crippen LogP contribution >= 0.6 is 0 Å². The maximum Gasteiger partial charge on any atom is 0.142 e. The molecular formula is C12H14O3. The van der Waals surface area contributed by atoms with E-state index in [1.54, 1.807) is 20.3 Å². The van der Waals surface area contributed by atoms with Crippen LogP contribution in [0.3, 0.4) is 0 Å². The zero-order valence-electron chi connectivity index (χ0n) is 8.90. The molecule has 1 rings (SSSR count). The van der Waals surface area contributed by atoms with Crippen molar-refractivity contribution in [2.45, 2.75) is 6.42 Å². The van der Waals surface area contributed by atoms with E-state index in [0.717, 1.165) is 23.3 Å². The molecule has 0 aromatic heterocycles. The molecule has 0 amide bonds. The fraction of sp³-hybridized carbons (Fsp3) is 0.250. The first kappa shape index (κ1) is 11.3. The lowest BCUT2D eigenvalue weighted by Gasteiger charge is -2.06.